The molecule has 0 bridgehead atoms. The minimum Gasteiger partial charge on any atom is -0.336 e. The summed E-state index contributed by atoms with van der Waals surface area (Å²) in [6.45, 7) is 5.91. The maximum atomic E-state index is 12.9. The molecule has 0 heterocycles. The Morgan fingerprint density at radius 1 is 1.04 bits per heavy atom. The average Bonchev–Trinajstić information content (AvgIpc) is 2.57. The number of amides is 2. The monoisotopic (exact) mass is 356 g/mol. The van der Waals surface area contributed by atoms with Crippen LogP contribution in [-0.2, 0) is 16.0 Å². The van der Waals surface area contributed by atoms with E-state index >= 15 is 0 Å². The first-order chi connectivity index (χ1) is 12.3. The molecule has 0 aliphatic heterocycles. The van der Waals surface area contributed by atoms with Crippen molar-refractivity contribution in [2.75, 3.05) is 18.9 Å². The van der Waals surface area contributed by atoms with Gasteiger partial charge in [-0.1, -0.05) is 29.8 Å². The molecule has 0 fully saturated rings. The molecule has 0 aromatic heterocycles. The van der Waals surface area contributed by atoms with Gasteiger partial charge in [-0.05, 0) is 56.0 Å². The molecule has 0 radical (unpaired) electrons. The summed E-state index contributed by atoms with van der Waals surface area (Å²) in [5, 5.41) is 2.90. The first-order valence-electron chi connectivity index (χ1n) is 8.62. The number of aryl methyl sites for hydroxylation is 4. The fraction of sp³-hybridized carbons (Fsp3) is 0.333. The summed E-state index contributed by atoms with van der Waals surface area (Å²) in [4.78, 5) is 25.9. The number of carbonyl (C=O) groups excluding carboxylic acids is 2. The highest BCUT2D eigenvalue weighted by atomic mass is 19.1. The van der Waals surface area contributed by atoms with Gasteiger partial charge in [-0.25, -0.2) is 4.39 Å². The predicted octanol–water partition coefficient (Wildman–Crippen LogP) is 3.78. The normalized spacial score (nSPS) is 10.5. The van der Waals surface area contributed by atoms with E-state index in [2.05, 4.69) is 5.32 Å². The Labute approximate surface area is 154 Å². The fourth-order valence-corrected chi connectivity index (χ4v) is 2.95. The van der Waals surface area contributed by atoms with Gasteiger partial charge in [0.15, 0.2) is 0 Å². The van der Waals surface area contributed by atoms with Crippen LogP contribution in [0.4, 0.5) is 10.1 Å². The second kappa shape index (κ2) is 8.61. The number of nitrogens with zero attached hydrogens (tertiary/aromatic N) is 1. The predicted molar refractivity (Wildman–Crippen MR) is 102 cm³/mol. The van der Waals surface area contributed by atoms with E-state index in [0.717, 1.165) is 27.9 Å². The molecule has 0 aliphatic rings. The average molecular weight is 356 g/mol. The van der Waals surface area contributed by atoms with Crippen molar-refractivity contribution in [1.29, 1.82) is 0 Å². The van der Waals surface area contributed by atoms with Crippen molar-refractivity contribution in [2.45, 2.75) is 33.6 Å². The molecule has 0 unspecified atom stereocenters. The number of rotatable bonds is 6. The van der Waals surface area contributed by atoms with Crippen molar-refractivity contribution in [3.63, 3.8) is 0 Å². The lowest BCUT2D eigenvalue weighted by Crippen LogP contribution is -2.35. The summed E-state index contributed by atoms with van der Waals surface area (Å²) in [5.74, 6) is -0.643. The largest absolute Gasteiger partial charge is 0.336 e. The van der Waals surface area contributed by atoms with E-state index < -0.39 is 0 Å². The number of benzene rings is 2. The van der Waals surface area contributed by atoms with E-state index in [1.54, 1.807) is 19.2 Å². The van der Waals surface area contributed by atoms with E-state index in [-0.39, 0.29) is 30.6 Å². The van der Waals surface area contributed by atoms with Crippen molar-refractivity contribution in [3.05, 3.63) is 64.5 Å². The molecule has 2 aromatic rings. The van der Waals surface area contributed by atoms with Crippen LogP contribution >= 0.6 is 0 Å². The molecule has 0 saturated carbocycles. The minimum atomic E-state index is -0.296. The molecule has 5 heteroatoms. The van der Waals surface area contributed by atoms with Gasteiger partial charge in [0.1, 0.15) is 5.82 Å². The Bertz CT molecular complexity index is 777. The van der Waals surface area contributed by atoms with Crippen LogP contribution in [0.1, 0.15) is 28.7 Å². The molecular weight excluding hydrogens is 331 g/mol. The van der Waals surface area contributed by atoms with Gasteiger partial charge in [0.2, 0.25) is 11.8 Å². The zero-order chi connectivity index (χ0) is 19.3. The standard InChI is InChI=1S/C21H25FN2O2/c1-14-11-15(2)21(16(3)12-14)23-19(25)13-24(4)20(26)10-7-17-5-8-18(22)9-6-17/h5-6,8-9,11-12H,7,10,13H2,1-4H3,(H,23,25). The number of halogens is 1. The van der Waals surface area contributed by atoms with Crippen molar-refractivity contribution < 1.29 is 14.0 Å². The summed E-state index contributed by atoms with van der Waals surface area (Å²) < 4.78 is 12.9. The highest BCUT2D eigenvalue weighted by Gasteiger charge is 2.14. The van der Waals surface area contributed by atoms with Crippen molar-refractivity contribution in [2.24, 2.45) is 0 Å². The van der Waals surface area contributed by atoms with Gasteiger partial charge < -0.3 is 10.2 Å². The number of likely N-dealkylation sites (N-methyl/N-ethyl adjacent to an activating group) is 1. The molecule has 4 nitrogen and oxygen atoms in total. The Morgan fingerprint density at radius 2 is 1.62 bits per heavy atom. The highest BCUT2D eigenvalue weighted by molar-refractivity contribution is 5.95. The van der Waals surface area contributed by atoms with Gasteiger partial charge in [-0.15, -0.1) is 0 Å². The van der Waals surface area contributed by atoms with Crippen LogP contribution in [-0.4, -0.2) is 30.3 Å². The van der Waals surface area contributed by atoms with Crippen molar-refractivity contribution in [3.8, 4) is 0 Å². The number of anilines is 1. The van der Waals surface area contributed by atoms with Gasteiger partial charge in [0, 0.05) is 19.2 Å². The lowest BCUT2D eigenvalue weighted by atomic mass is 10.1. The second-order valence-electron chi connectivity index (χ2n) is 6.70. The molecular formula is C21H25FN2O2. The van der Waals surface area contributed by atoms with E-state index in [4.69, 9.17) is 0 Å². The minimum absolute atomic E-state index is 0.00495. The smallest absolute Gasteiger partial charge is 0.243 e. The first-order valence-corrected chi connectivity index (χ1v) is 8.62. The fourth-order valence-electron chi connectivity index (χ4n) is 2.95. The third-order valence-corrected chi connectivity index (χ3v) is 4.29. The molecule has 1 N–H and O–H groups in total. The second-order valence-corrected chi connectivity index (χ2v) is 6.70. The number of nitrogens with one attached hydrogen (secondary N) is 1. The van der Waals surface area contributed by atoms with Crippen LogP contribution in [0.3, 0.4) is 0 Å². The topological polar surface area (TPSA) is 49.4 Å². The lowest BCUT2D eigenvalue weighted by molar-refractivity contribution is -0.133. The third-order valence-electron chi connectivity index (χ3n) is 4.29. The van der Waals surface area contributed by atoms with Crippen LogP contribution in [0.2, 0.25) is 0 Å². The van der Waals surface area contributed by atoms with Gasteiger partial charge in [0.05, 0.1) is 6.54 Å². The zero-order valence-electron chi connectivity index (χ0n) is 15.7. The molecule has 2 rings (SSSR count). The van der Waals surface area contributed by atoms with Gasteiger partial charge >= 0.3 is 0 Å². The van der Waals surface area contributed by atoms with E-state index in [0.29, 0.717) is 6.42 Å². The third kappa shape index (κ3) is 5.41. The summed E-state index contributed by atoms with van der Waals surface area (Å²) in [6.07, 6.45) is 0.791. The molecule has 2 amide bonds. The molecule has 0 aliphatic carbocycles. The van der Waals surface area contributed by atoms with E-state index in [9.17, 15) is 14.0 Å². The van der Waals surface area contributed by atoms with Crippen LogP contribution in [0.25, 0.3) is 0 Å². The summed E-state index contributed by atoms with van der Waals surface area (Å²) in [5.41, 5.74) is 4.84. The Morgan fingerprint density at radius 3 is 2.19 bits per heavy atom. The summed E-state index contributed by atoms with van der Waals surface area (Å²) in [6, 6.07) is 10.1. The maximum Gasteiger partial charge on any atom is 0.243 e. The Kier molecular flexibility index (Phi) is 6.50. The van der Waals surface area contributed by atoms with E-state index in [1.807, 2.05) is 32.9 Å². The van der Waals surface area contributed by atoms with Gasteiger partial charge in [-0.2, -0.15) is 0 Å². The molecule has 2 aromatic carbocycles. The molecule has 0 atom stereocenters. The number of hydrogen-bond acceptors (Lipinski definition) is 2. The molecule has 26 heavy (non-hydrogen) atoms. The molecule has 138 valence electrons. The van der Waals surface area contributed by atoms with Crippen LogP contribution in [0.5, 0.6) is 0 Å². The summed E-state index contributed by atoms with van der Waals surface area (Å²) >= 11 is 0. The van der Waals surface area contributed by atoms with Crippen molar-refractivity contribution >= 4 is 17.5 Å². The first kappa shape index (κ1) is 19.6. The zero-order valence-corrected chi connectivity index (χ0v) is 15.7. The van der Waals surface area contributed by atoms with Crippen LogP contribution < -0.4 is 5.32 Å². The SMILES string of the molecule is Cc1cc(C)c(NC(=O)CN(C)C(=O)CCc2ccc(F)cc2)c(C)c1. The summed E-state index contributed by atoms with van der Waals surface area (Å²) in [7, 11) is 1.61. The van der Waals surface area contributed by atoms with Gasteiger partial charge in [-0.3, -0.25) is 9.59 Å². The maximum absolute atomic E-state index is 12.9. The van der Waals surface area contributed by atoms with Crippen molar-refractivity contribution in [1.82, 2.24) is 4.90 Å². The van der Waals surface area contributed by atoms with Crippen LogP contribution in [0.15, 0.2) is 36.4 Å². The number of hydrogen-bond donors (Lipinski definition) is 1. The highest BCUT2D eigenvalue weighted by Crippen LogP contribution is 2.21. The number of carbonyl (C=O) groups is 2. The molecule has 0 spiro atoms. The van der Waals surface area contributed by atoms with Gasteiger partial charge in [0.25, 0.3) is 0 Å². The Balaban J connectivity index is 1.88. The molecule has 0 saturated heterocycles. The lowest BCUT2D eigenvalue weighted by Gasteiger charge is -2.18. The Hall–Kier alpha value is -2.69. The van der Waals surface area contributed by atoms with Crippen LogP contribution in [0, 0.1) is 26.6 Å². The van der Waals surface area contributed by atoms with E-state index in [1.165, 1.54) is 17.0 Å². The quantitative estimate of drug-likeness (QED) is 0.856.